The number of nitro benzene ring substituents is 1. The van der Waals surface area contributed by atoms with Crippen molar-refractivity contribution < 1.29 is 38.7 Å². The third kappa shape index (κ3) is 4.98. The smallest absolute Gasteiger partial charge is 0.271 e. The number of rotatable bonds is 8. The highest BCUT2D eigenvalue weighted by atomic mass is 16.6. The predicted octanol–water partition coefficient (Wildman–Crippen LogP) is 5.82. The molecule has 13 nitrogen and oxygen atoms in total. The lowest BCUT2D eigenvalue weighted by molar-refractivity contribution is -0.384. The lowest BCUT2D eigenvalue weighted by atomic mass is 9.49. The molecular formula is C41H36N4O9. The molecule has 54 heavy (non-hydrogen) atoms. The largest absolute Gasteiger partial charge is 0.508 e. The van der Waals surface area contributed by atoms with Gasteiger partial charge in [0, 0.05) is 35.7 Å². The number of phenolic OH excluding ortho intramolecular Hbond substituents is 1. The minimum atomic E-state index is -1.60. The average molecular weight is 729 g/mol. The molecule has 0 aromatic heterocycles. The van der Waals surface area contributed by atoms with Gasteiger partial charge in [0.25, 0.3) is 17.5 Å². The first-order chi connectivity index (χ1) is 26.0. The Morgan fingerprint density at radius 3 is 2.19 bits per heavy atom. The molecule has 4 aliphatic rings. The fourth-order valence-electron chi connectivity index (χ4n) is 9.27. The first-order valence-corrected chi connectivity index (χ1v) is 17.6. The molecule has 1 saturated carbocycles. The van der Waals surface area contributed by atoms with Crippen molar-refractivity contribution in [3.8, 4) is 17.2 Å². The van der Waals surface area contributed by atoms with Crippen LogP contribution in [0.1, 0.15) is 35.4 Å². The van der Waals surface area contributed by atoms with E-state index in [1.165, 1.54) is 50.6 Å². The highest BCUT2D eigenvalue weighted by Gasteiger charge is 2.71. The number of aryl methyl sites for hydroxylation is 1. The summed E-state index contributed by atoms with van der Waals surface area (Å²) in [5.41, 5.74) is 4.39. The van der Waals surface area contributed by atoms with Gasteiger partial charge in [-0.15, -0.1) is 0 Å². The Balaban J connectivity index is 1.35. The number of aromatic hydroxyl groups is 1. The molecule has 3 fully saturated rings. The minimum absolute atomic E-state index is 0.0412. The van der Waals surface area contributed by atoms with Crippen LogP contribution < -0.4 is 19.8 Å². The molecule has 2 N–H and O–H groups in total. The van der Waals surface area contributed by atoms with E-state index in [4.69, 9.17) is 9.47 Å². The lowest BCUT2D eigenvalue weighted by Crippen LogP contribution is -2.53. The van der Waals surface area contributed by atoms with E-state index in [9.17, 15) is 29.6 Å². The summed E-state index contributed by atoms with van der Waals surface area (Å²) in [7, 11) is 2.86. The van der Waals surface area contributed by atoms with Crippen molar-refractivity contribution in [1.29, 1.82) is 0 Å². The van der Waals surface area contributed by atoms with E-state index in [0.717, 1.165) is 15.5 Å². The number of hydrogen-bond donors (Lipinski definition) is 2. The van der Waals surface area contributed by atoms with Crippen molar-refractivity contribution in [3.63, 3.8) is 0 Å². The number of carbonyl (C=O) groups excluding carboxylic acids is 4. The zero-order valence-corrected chi connectivity index (χ0v) is 29.6. The Kier molecular flexibility index (Phi) is 8.24. The Morgan fingerprint density at radius 1 is 0.852 bits per heavy atom. The van der Waals surface area contributed by atoms with Gasteiger partial charge in [-0.05, 0) is 49.4 Å². The maximum Gasteiger partial charge on any atom is 0.271 e. The van der Waals surface area contributed by atoms with E-state index >= 15 is 4.79 Å². The molecule has 8 rings (SSSR count). The maximum absolute atomic E-state index is 15.4. The number of methoxy groups -OCH3 is 2. The first-order valence-electron chi connectivity index (χ1n) is 17.6. The van der Waals surface area contributed by atoms with Crippen molar-refractivity contribution in [2.24, 2.45) is 23.7 Å². The van der Waals surface area contributed by atoms with E-state index in [-0.39, 0.29) is 41.5 Å². The molecule has 2 saturated heterocycles. The number of anilines is 2. The van der Waals surface area contributed by atoms with Gasteiger partial charge in [0.15, 0.2) is 0 Å². The molecule has 2 aliphatic carbocycles. The quantitative estimate of drug-likeness (QED) is 0.0977. The fourth-order valence-corrected chi connectivity index (χ4v) is 9.27. The molecule has 2 heterocycles. The summed E-state index contributed by atoms with van der Waals surface area (Å²) in [6, 6.07) is 24.5. The van der Waals surface area contributed by atoms with E-state index in [1.807, 2.05) is 31.2 Å². The number of hydrogen-bond acceptors (Lipinski definition) is 10. The summed E-state index contributed by atoms with van der Waals surface area (Å²) in [5, 5.41) is 23.4. The van der Waals surface area contributed by atoms with Gasteiger partial charge in [-0.2, -0.15) is 5.01 Å². The molecule has 4 aromatic rings. The summed E-state index contributed by atoms with van der Waals surface area (Å²) in [4.78, 5) is 71.1. The minimum Gasteiger partial charge on any atom is -0.508 e. The third-order valence-electron chi connectivity index (χ3n) is 11.5. The molecule has 6 atom stereocenters. The van der Waals surface area contributed by atoms with Crippen LogP contribution in [0.15, 0.2) is 103 Å². The molecule has 0 bridgehead atoms. The second-order valence-corrected chi connectivity index (χ2v) is 14.1. The number of nitrogens with one attached hydrogen (secondary N) is 1. The van der Waals surface area contributed by atoms with Crippen molar-refractivity contribution in [2.75, 3.05) is 24.5 Å². The monoisotopic (exact) mass is 728 g/mol. The number of ether oxygens (including phenoxy) is 2. The highest BCUT2D eigenvalue weighted by Crippen LogP contribution is 2.66. The summed E-state index contributed by atoms with van der Waals surface area (Å²) in [5.74, 6) is -6.31. The number of allylic oxidation sites excluding steroid dienone is 2. The Morgan fingerprint density at radius 2 is 1.54 bits per heavy atom. The highest BCUT2D eigenvalue weighted by molar-refractivity contribution is 6.22. The molecule has 2 aliphatic heterocycles. The number of nitro groups is 1. The standard InChI is InChI=1S/C41H36N4O9/c1-22-12-14-24(15-13-22)42-44-38(48)31-21-30-28(16-17-29-34(30)39(49)43(37(29)47)25-10-7-11-26(18-25)45(51)52)36(35-32(53-2)19-27(46)20-33(35)54-3)41(31,40(44)50)23-8-5-4-6-9-23/h4-16,18-20,29-31,34,36,42,46H,17,21H2,1-3H3. The Hall–Kier alpha value is -6.50. The average Bonchev–Trinajstić information content (AvgIpc) is 3.56. The lowest BCUT2D eigenvalue weighted by Gasteiger charge is -2.51. The van der Waals surface area contributed by atoms with Crippen LogP contribution >= 0.6 is 0 Å². The van der Waals surface area contributed by atoms with E-state index in [1.54, 1.807) is 36.4 Å². The molecule has 274 valence electrons. The van der Waals surface area contributed by atoms with Gasteiger partial charge in [0.2, 0.25) is 11.8 Å². The predicted molar refractivity (Wildman–Crippen MR) is 196 cm³/mol. The Bertz CT molecular complexity index is 2250. The SMILES string of the molecule is COc1cc(O)cc(OC)c1C1C2=CCC3C(=O)N(c4cccc([N+](=O)[O-])c4)C(=O)C3C2CC2C(=O)N(Nc3ccc(C)cc3)C(=O)C21c1ccccc1. The third-order valence-corrected chi connectivity index (χ3v) is 11.5. The molecule has 0 spiro atoms. The second-order valence-electron chi connectivity index (χ2n) is 14.1. The van der Waals surface area contributed by atoms with Crippen LogP contribution in [0.3, 0.4) is 0 Å². The Labute approximate surface area is 309 Å². The van der Waals surface area contributed by atoms with Crippen LogP contribution in [-0.2, 0) is 24.6 Å². The summed E-state index contributed by atoms with van der Waals surface area (Å²) < 4.78 is 11.8. The van der Waals surface area contributed by atoms with Crippen molar-refractivity contribution in [3.05, 3.63) is 129 Å². The van der Waals surface area contributed by atoms with Crippen molar-refractivity contribution in [2.45, 2.75) is 31.1 Å². The van der Waals surface area contributed by atoms with Gasteiger partial charge in [-0.25, -0.2) is 4.90 Å². The van der Waals surface area contributed by atoms with Crippen LogP contribution in [0, 0.1) is 40.7 Å². The molecule has 13 heteroatoms. The van der Waals surface area contributed by atoms with Crippen LogP contribution in [0.25, 0.3) is 0 Å². The normalized spacial score (nSPS) is 25.8. The van der Waals surface area contributed by atoms with Gasteiger partial charge in [-0.3, -0.25) is 34.7 Å². The van der Waals surface area contributed by atoms with Crippen LogP contribution in [0.4, 0.5) is 17.1 Å². The molecule has 6 unspecified atom stereocenters. The molecular weight excluding hydrogens is 692 g/mol. The summed E-state index contributed by atoms with van der Waals surface area (Å²) in [6.07, 6.45) is 2.06. The molecule has 4 amide bonds. The number of carbonyl (C=O) groups is 4. The number of nitrogens with zero attached hydrogens (tertiary/aromatic N) is 3. The zero-order chi connectivity index (χ0) is 38.1. The van der Waals surface area contributed by atoms with Gasteiger partial charge >= 0.3 is 0 Å². The van der Waals surface area contributed by atoms with E-state index in [0.29, 0.717) is 22.4 Å². The zero-order valence-electron chi connectivity index (χ0n) is 29.6. The van der Waals surface area contributed by atoms with E-state index < -0.39 is 63.6 Å². The number of benzene rings is 4. The number of non-ortho nitro benzene ring substituents is 1. The summed E-state index contributed by atoms with van der Waals surface area (Å²) in [6.45, 7) is 1.93. The first kappa shape index (κ1) is 34.6. The van der Waals surface area contributed by atoms with Gasteiger partial charge in [0.1, 0.15) is 17.2 Å². The number of phenols is 1. The molecule has 0 radical (unpaired) electrons. The molecule has 4 aromatic carbocycles. The van der Waals surface area contributed by atoms with Crippen molar-refractivity contribution >= 4 is 40.7 Å². The summed E-state index contributed by atoms with van der Waals surface area (Å²) >= 11 is 0. The second kappa shape index (κ2) is 12.9. The maximum atomic E-state index is 15.4. The van der Waals surface area contributed by atoms with Gasteiger partial charge < -0.3 is 14.6 Å². The van der Waals surface area contributed by atoms with Crippen LogP contribution in [0.5, 0.6) is 17.2 Å². The van der Waals surface area contributed by atoms with Gasteiger partial charge in [0.05, 0.1) is 53.7 Å². The van der Waals surface area contributed by atoms with Gasteiger partial charge in [-0.1, -0.05) is 65.7 Å². The number of hydrazine groups is 1. The fraction of sp³-hybridized carbons (Fsp3) is 0.268. The number of fused-ring (bicyclic) bond motifs is 4. The van der Waals surface area contributed by atoms with Crippen LogP contribution in [0.2, 0.25) is 0 Å². The van der Waals surface area contributed by atoms with E-state index in [2.05, 4.69) is 5.43 Å². The van der Waals surface area contributed by atoms with Crippen molar-refractivity contribution in [1.82, 2.24) is 5.01 Å². The van der Waals surface area contributed by atoms with Crippen LogP contribution in [-0.4, -0.2) is 52.9 Å². The topological polar surface area (TPSA) is 169 Å². The number of imide groups is 2. The number of amides is 4.